The van der Waals surface area contributed by atoms with E-state index in [-0.39, 0.29) is 11.2 Å². The van der Waals surface area contributed by atoms with Crippen molar-refractivity contribution in [3.8, 4) is 6.07 Å². The monoisotopic (exact) mass is 227 g/mol. The first-order chi connectivity index (χ1) is 6.92. The zero-order chi connectivity index (χ0) is 11.5. The fourth-order valence-corrected chi connectivity index (χ4v) is 2.84. The van der Waals surface area contributed by atoms with Gasteiger partial charge in [-0.15, -0.1) is 11.8 Å². The Kier molecular flexibility index (Phi) is 4.04. The average molecular weight is 227 g/mol. The lowest BCUT2D eigenvalue weighted by molar-refractivity contribution is -0.154. The Morgan fingerprint density at radius 3 is 2.73 bits per heavy atom. The number of nitrogens with zero attached hydrogens (tertiary/aromatic N) is 1. The van der Waals surface area contributed by atoms with Crippen molar-refractivity contribution in [3.05, 3.63) is 0 Å². The van der Waals surface area contributed by atoms with Gasteiger partial charge in [0.05, 0.1) is 6.07 Å². The van der Waals surface area contributed by atoms with Gasteiger partial charge in [-0.2, -0.15) is 5.26 Å². The number of rotatable bonds is 2. The van der Waals surface area contributed by atoms with E-state index in [0.29, 0.717) is 11.7 Å². The molecule has 2 unspecified atom stereocenters. The molecule has 84 valence electrons. The molecule has 4 heteroatoms. The van der Waals surface area contributed by atoms with Gasteiger partial charge in [0.1, 0.15) is 10.9 Å². The zero-order valence-electron chi connectivity index (χ0n) is 9.45. The highest BCUT2D eigenvalue weighted by molar-refractivity contribution is 8.01. The zero-order valence-corrected chi connectivity index (χ0v) is 10.3. The quantitative estimate of drug-likeness (QED) is 0.680. The predicted octanol–water partition coefficient (Wildman–Crippen LogP) is 2.51. The summed E-state index contributed by atoms with van der Waals surface area (Å²) in [7, 11) is 0. The maximum absolute atomic E-state index is 11.7. The summed E-state index contributed by atoms with van der Waals surface area (Å²) in [5.74, 6) is -0.132. The normalized spacial score (nSPS) is 26.0. The number of carbonyl (C=O) groups excluding carboxylic acids is 1. The topological polar surface area (TPSA) is 50.1 Å². The molecule has 0 aromatic carbocycles. The van der Waals surface area contributed by atoms with Gasteiger partial charge in [-0.1, -0.05) is 0 Å². The molecule has 1 fully saturated rings. The summed E-state index contributed by atoms with van der Waals surface area (Å²) in [5.41, 5.74) is -0.412. The lowest BCUT2D eigenvalue weighted by Crippen LogP contribution is -2.29. The molecule has 0 radical (unpaired) electrons. The third kappa shape index (κ3) is 4.13. The van der Waals surface area contributed by atoms with Gasteiger partial charge in [0.2, 0.25) is 0 Å². The first kappa shape index (κ1) is 12.4. The lowest BCUT2D eigenvalue weighted by atomic mass is 10.1. The van der Waals surface area contributed by atoms with E-state index in [9.17, 15) is 4.79 Å². The highest BCUT2D eigenvalue weighted by Crippen LogP contribution is 2.36. The van der Waals surface area contributed by atoms with Crippen LogP contribution in [0.4, 0.5) is 0 Å². The highest BCUT2D eigenvalue weighted by atomic mass is 32.2. The second kappa shape index (κ2) is 4.89. The summed E-state index contributed by atoms with van der Waals surface area (Å²) in [6.07, 6.45) is 2.32. The predicted molar refractivity (Wildman–Crippen MR) is 60.5 cm³/mol. The van der Waals surface area contributed by atoms with Crippen molar-refractivity contribution < 1.29 is 9.53 Å². The van der Waals surface area contributed by atoms with Crippen LogP contribution in [0.5, 0.6) is 0 Å². The van der Waals surface area contributed by atoms with E-state index >= 15 is 0 Å². The van der Waals surface area contributed by atoms with E-state index < -0.39 is 5.60 Å². The van der Waals surface area contributed by atoms with Crippen molar-refractivity contribution in [2.24, 2.45) is 0 Å². The van der Waals surface area contributed by atoms with Crippen molar-refractivity contribution in [3.63, 3.8) is 0 Å². The van der Waals surface area contributed by atoms with E-state index in [0.717, 1.165) is 12.8 Å². The molecule has 0 spiro atoms. The molecule has 0 saturated carbocycles. The molecule has 0 amide bonds. The first-order valence-electron chi connectivity index (χ1n) is 5.17. The number of hydrogen-bond donors (Lipinski definition) is 0. The largest absolute Gasteiger partial charge is 0.459 e. The Bertz CT molecular complexity index is 277. The summed E-state index contributed by atoms with van der Waals surface area (Å²) >= 11 is 1.59. The van der Waals surface area contributed by atoms with Crippen LogP contribution in [0.15, 0.2) is 0 Å². The second-order valence-electron chi connectivity index (χ2n) is 4.72. The molecule has 3 nitrogen and oxygen atoms in total. The van der Waals surface area contributed by atoms with Gasteiger partial charge >= 0.3 is 5.97 Å². The second-order valence-corrected chi connectivity index (χ2v) is 6.23. The molecule has 2 atom stereocenters. The number of esters is 1. The van der Waals surface area contributed by atoms with Crippen LogP contribution < -0.4 is 0 Å². The number of carbonyl (C=O) groups is 1. The average Bonchev–Trinajstić information content (AvgIpc) is 2.50. The van der Waals surface area contributed by atoms with Crippen molar-refractivity contribution in [2.45, 2.75) is 56.1 Å². The third-order valence-corrected chi connectivity index (χ3v) is 3.64. The van der Waals surface area contributed by atoms with E-state index in [4.69, 9.17) is 10.00 Å². The molecule has 0 aliphatic carbocycles. The van der Waals surface area contributed by atoms with Crippen molar-refractivity contribution >= 4 is 17.7 Å². The van der Waals surface area contributed by atoms with Crippen LogP contribution >= 0.6 is 11.8 Å². The highest BCUT2D eigenvalue weighted by Gasteiger charge is 2.33. The van der Waals surface area contributed by atoms with Gasteiger partial charge in [-0.3, -0.25) is 4.79 Å². The minimum atomic E-state index is -0.412. The van der Waals surface area contributed by atoms with Crippen molar-refractivity contribution in [1.29, 1.82) is 5.26 Å². The van der Waals surface area contributed by atoms with Gasteiger partial charge in [0.15, 0.2) is 0 Å². The minimum Gasteiger partial charge on any atom is -0.459 e. The van der Waals surface area contributed by atoms with Gasteiger partial charge < -0.3 is 4.74 Å². The molecule has 0 N–H and O–H groups in total. The molecule has 0 bridgehead atoms. The third-order valence-electron chi connectivity index (χ3n) is 2.10. The van der Waals surface area contributed by atoms with Gasteiger partial charge in [-0.05, 0) is 33.6 Å². The summed E-state index contributed by atoms with van der Waals surface area (Å²) < 4.78 is 5.31. The number of ether oxygens (including phenoxy) is 1. The number of hydrogen-bond acceptors (Lipinski definition) is 4. The Hall–Kier alpha value is -0.690. The smallest absolute Gasteiger partial charge is 0.319 e. The Morgan fingerprint density at radius 1 is 1.53 bits per heavy atom. The molecule has 1 rings (SSSR count). The fourth-order valence-electron chi connectivity index (χ4n) is 1.50. The number of thioether (sulfide) groups is 1. The van der Waals surface area contributed by atoms with E-state index in [1.807, 2.05) is 20.8 Å². The summed E-state index contributed by atoms with van der Waals surface area (Å²) in [4.78, 5) is 11.7. The van der Waals surface area contributed by atoms with Crippen LogP contribution in [0.25, 0.3) is 0 Å². The van der Waals surface area contributed by atoms with Gasteiger partial charge in [0, 0.05) is 11.7 Å². The van der Waals surface area contributed by atoms with E-state index in [1.165, 1.54) is 0 Å². The van der Waals surface area contributed by atoms with Crippen molar-refractivity contribution in [1.82, 2.24) is 0 Å². The van der Waals surface area contributed by atoms with Crippen molar-refractivity contribution in [2.75, 3.05) is 0 Å². The Balaban J connectivity index is 2.41. The Labute approximate surface area is 95.2 Å². The van der Waals surface area contributed by atoms with Crippen LogP contribution in [0.1, 0.15) is 40.0 Å². The summed E-state index contributed by atoms with van der Waals surface area (Å²) in [6.45, 7) is 5.62. The van der Waals surface area contributed by atoms with Gasteiger partial charge in [0.25, 0.3) is 0 Å². The maximum atomic E-state index is 11.7. The van der Waals surface area contributed by atoms with Crippen LogP contribution in [0, 0.1) is 11.3 Å². The molecule has 0 aromatic heterocycles. The molecule has 15 heavy (non-hydrogen) atoms. The molecule has 1 saturated heterocycles. The Morgan fingerprint density at radius 2 is 2.20 bits per heavy atom. The lowest BCUT2D eigenvalue weighted by Gasteiger charge is -2.21. The molecule has 1 aliphatic rings. The molecular formula is C11H17NO2S. The molecular weight excluding hydrogens is 210 g/mol. The summed E-state index contributed by atoms with van der Waals surface area (Å²) in [6, 6.07) is 2.14. The first-order valence-corrected chi connectivity index (χ1v) is 6.12. The molecule has 1 aliphatic heterocycles. The minimum absolute atomic E-state index is 0.0671. The standard InChI is InChI=1S/C11H17NO2S/c1-11(2,3)14-10(13)9-5-4-8(15-9)6-7-12/h8-9H,4-6H2,1-3H3. The summed E-state index contributed by atoms with van der Waals surface area (Å²) in [5, 5.41) is 8.80. The van der Waals surface area contributed by atoms with Gasteiger partial charge in [-0.25, -0.2) is 0 Å². The fraction of sp³-hybridized carbons (Fsp3) is 0.818. The number of nitriles is 1. The van der Waals surface area contributed by atoms with Crippen LogP contribution in [-0.4, -0.2) is 22.1 Å². The van der Waals surface area contributed by atoms with Crippen LogP contribution in [0.3, 0.4) is 0 Å². The van der Waals surface area contributed by atoms with E-state index in [1.54, 1.807) is 11.8 Å². The molecule has 1 heterocycles. The SMILES string of the molecule is CC(C)(C)OC(=O)C1CCC(CC#N)S1. The maximum Gasteiger partial charge on any atom is 0.319 e. The van der Waals surface area contributed by atoms with Crippen LogP contribution in [0.2, 0.25) is 0 Å². The van der Waals surface area contributed by atoms with Crippen LogP contribution in [-0.2, 0) is 9.53 Å². The molecule has 0 aromatic rings. The van der Waals surface area contributed by atoms with E-state index in [2.05, 4.69) is 6.07 Å².